The van der Waals surface area contributed by atoms with Crippen LogP contribution in [-0.2, 0) is 0 Å². The molecule has 0 heterocycles. The minimum absolute atomic E-state index is 0.438. The Morgan fingerprint density at radius 3 is 2.29 bits per heavy atom. The molecule has 1 rings (SSSR count). The van der Waals surface area contributed by atoms with Crippen molar-refractivity contribution >= 4 is 0 Å². The van der Waals surface area contributed by atoms with Gasteiger partial charge in [0.15, 0.2) is 0 Å². The van der Waals surface area contributed by atoms with Crippen molar-refractivity contribution < 1.29 is 0 Å². The van der Waals surface area contributed by atoms with Crippen molar-refractivity contribution in [3.05, 3.63) is 11.6 Å². The summed E-state index contributed by atoms with van der Waals surface area (Å²) in [5.41, 5.74) is 4.63. The summed E-state index contributed by atoms with van der Waals surface area (Å²) < 4.78 is 0. The first-order valence-corrected chi connectivity index (χ1v) is 9.53. The Bertz CT molecular complexity index is 260. The van der Waals surface area contributed by atoms with E-state index in [-0.39, 0.29) is 0 Å². The summed E-state index contributed by atoms with van der Waals surface area (Å²) in [5, 5.41) is 0. The van der Waals surface area contributed by atoms with Crippen LogP contribution >= 0.6 is 0 Å². The topological polar surface area (TPSA) is 38.0 Å². The maximum atomic E-state index is 5.77. The second kappa shape index (κ2) is 13.3. The van der Waals surface area contributed by atoms with Crippen molar-refractivity contribution in [1.82, 2.24) is 5.43 Å². The van der Waals surface area contributed by atoms with Crippen LogP contribution in [0.4, 0.5) is 0 Å². The lowest BCUT2D eigenvalue weighted by Crippen LogP contribution is -2.36. The molecule has 1 aliphatic rings. The standard InChI is InChI=1S/C19H38N2/c1-2-3-4-5-6-7-8-9-14-17-19(21-20)18-15-12-10-11-13-16-18/h15,19,21H,2-14,16-17,20H2,1H3. The van der Waals surface area contributed by atoms with Gasteiger partial charge in [-0.1, -0.05) is 82.8 Å². The number of unbranched alkanes of at least 4 members (excludes halogenated alkanes) is 8. The molecule has 0 aromatic rings. The number of hydrogen-bond donors (Lipinski definition) is 2. The van der Waals surface area contributed by atoms with Crippen molar-refractivity contribution in [3.63, 3.8) is 0 Å². The SMILES string of the molecule is CCCCCCCCCCCC(NN)C1=CCCCCC1. The van der Waals surface area contributed by atoms with Gasteiger partial charge in [0.25, 0.3) is 0 Å². The Hall–Kier alpha value is -0.340. The van der Waals surface area contributed by atoms with E-state index in [1.165, 1.54) is 96.3 Å². The third-order valence-electron chi connectivity index (χ3n) is 4.82. The maximum absolute atomic E-state index is 5.77. The van der Waals surface area contributed by atoms with Crippen LogP contribution in [0.2, 0.25) is 0 Å². The van der Waals surface area contributed by atoms with Crippen LogP contribution in [0.1, 0.15) is 103 Å². The highest BCUT2D eigenvalue weighted by Gasteiger charge is 2.13. The van der Waals surface area contributed by atoms with Crippen LogP contribution < -0.4 is 11.3 Å². The number of rotatable bonds is 12. The first-order chi connectivity index (χ1) is 10.4. The quantitative estimate of drug-likeness (QED) is 0.212. The first-order valence-electron chi connectivity index (χ1n) is 9.53. The molecule has 1 unspecified atom stereocenters. The van der Waals surface area contributed by atoms with Gasteiger partial charge in [-0.3, -0.25) is 11.3 Å². The molecule has 0 radical (unpaired) electrons. The van der Waals surface area contributed by atoms with Gasteiger partial charge >= 0.3 is 0 Å². The van der Waals surface area contributed by atoms with E-state index in [0.29, 0.717) is 6.04 Å². The largest absolute Gasteiger partial charge is 0.271 e. The minimum atomic E-state index is 0.438. The van der Waals surface area contributed by atoms with Crippen molar-refractivity contribution in [2.24, 2.45) is 5.84 Å². The normalized spacial score (nSPS) is 17.3. The van der Waals surface area contributed by atoms with Crippen LogP contribution in [0, 0.1) is 0 Å². The van der Waals surface area contributed by atoms with Gasteiger partial charge in [0.05, 0.1) is 0 Å². The monoisotopic (exact) mass is 294 g/mol. The lowest BCUT2D eigenvalue weighted by molar-refractivity contribution is 0.489. The van der Waals surface area contributed by atoms with Crippen molar-refractivity contribution in [2.45, 2.75) is 109 Å². The fourth-order valence-corrected chi connectivity index (χ4v) is 3.39. The molecule has 0 saturated carbocycles. The zero-order valence-electron chi connectivity index (χ0n) is 14.3. The fraction of sp³-hybridized carbons (Fsp3) is 0.895. The van der Waals surface area contributed by atoms with Crippen LogP contribution in [0.5, 0.6) is 0 Å². The van der Waals surface area contributed by atoms with Crippen LogP contribution in [0.3, 0.4) is 0 Å². The maximum Gasteiger partial charge on any atom is 0.0419 e. The number of nitrogens with two attached hydrogens (primary N) is 1. The smallest absolute Gasteiger partial charge is 0.0419 e. The third-order valence-corrected chi connectivity index (χ3v) is 4.82. The van der Waals surface area contributed by atoms with Crippen LogP contribution in [0.15, 0.2) is 11.6 Å². The van der Waals surface area contributed by atoms with Gasteiger partial charge in [-0.2, -0.15) is 0 Å². The molecular formula is C19H38N2. The van der Waals surface area contributed by atoms with Crippen LogP contribution in [-0.4, -0.2) is 6.04 Å². The molecule has 0 aromatic carbocycles. The van der Waals surface area contributed by atoms with Gasteiger partial charge < -0.3 is 0 Å². The van der Waals surface area contributed by atoms with E-state index in [1.807, 2.05) is 0 Å². The Balaban J connectivity index is 2.03. The molecule has 0 bridgehead atoms. The predicted molar refractivity (Wildman–Crippen MR) is 94.1 cm³/mol. The lowest BCUT2D eigenvalue weighted by Gasteiger charge is -2.19. The molecule has 0 spiro atoms. The summed E-state index contributed by atoms with van der Waals surface area (Å²) in [5.74, 6) is 5.77. The number of nitrogens with one attached hydrogen (secondary N) is 1. The zero-order chi connectivity index (χ0) is 15.2. The van der Waals surface area contributed by atoms with E-state index < -0.39 is 0 Å². The minimum Gasteiger partial charge on any atom is -0.271 e. The molecule has 2 heteroatoms. The molecule has 2 nitrogen and oxygen atoms in total. The summed E-state index contributed by atoms with van der Waals surface area (Å²) in [6, 6.07) is 0.438. The second-order valence-corrected chi connectivity index (χ2v) is 6.71. The molecule has 3 N–H and O–H groups in total. The van der Waals surface area contributed by atoms with Gasteiger partial charge in [0.1, 0.15) is 0 Å². The summed E-state index contributed by atoms with van der Waals surface area (Å²) in [6.07, 6.45) is 22.9. The second-order valence-electron chi connectivity index (χ2n) is 6.71. The molecule has 1 atom stereocenters. The lowest BCUT2D eigenvalue weighted by atomic mass is 9.96. The number of allylic oxidation sites excluding steroid dienone is 1. The summed E-state index contributed by atoms with van der Waals surface area (Å²) in [6.45, 7) is 2.28. The van der Waals surface area contributed by atoms with Crippen LogP contribution in [0.25, 0.3) is 0 Å². The van der Waals surface area contributed by atoms with E-state index in [4.69, 9.17) is 5.84 Å². The average Bonchev–Trinajstić information content (AvgIpc) is 2.78. The molecule has 0 saturated heterocycles. The molecule has 0 aromatic heterocycles. The highest BCUT2D eigenvalue weighted by atomic mass is 15.2. The van der Waals surface area contributed by atoms with Gasteiger partial charge in [-0.15, -0.1) is 0 Å². The molecular weight excluding hydrogens is 256 g/mol. The van der Waals surface area contributed by atoms with Gasteiger partial charge in [0.2, 0.25) is 0 Å². The predicted octanol–water partition coefficient (Wildman–Crippen LogP) is 5.63. The van der Waals surface area contributed by atoms with E-state index in [1.54, 1.807) is 5.57 Å². The van der Waals surface area contributed by atoms with E-state index in [9.17, 15) is 0 Å². The first kappa shape index (κ1) is 18.7. The van der Waals surface area contributed by atoms with Crippen molar-refractivity contribution in [3.8, 4) is 0 Å². The summed E-state index contributed by atoms with van der Waals surface area (Å²) >= 11 is 0. The highest BCUT2D eigenvalue weighted by Crippen LogP contribution is 2.22. The van der Waals surface area contributed by atoms with Crippen molar-refractivity contribution in [1.29, 1.82) is 0 Å². The summed E-state index contributed by atoms with van der Waals surface area (Å²) in [7, 11) is 0. The molecule has 0 aliphatic heterocycles. The summed E-state index contributed by atoms with van der Waals surface area (Å²) in [4.78, 5) is 0. The number of hydrazine groups is 1. The van der Waals surface area contributed by atoms with E-state index in [2.05, 4.69) is 18.4 Å². The van der Waals surface area contributed by atoms with Gasteiger partial charge in [-0.05, 0) is 32.1 Å². The molecule has 1 aliphatic carbocycles. The molecule has 124 valence electrons. The van der Waals surface area contributed by atoms with Crippen molar-refractivity contribution in [2.75, 3.05) is 0 Å². The number of hydrogen-bond acceptors (Lipinski definition) is 2. The fourth-order valence-electron chi connectivity index (χ4n) is 3.39. The zero-order valence-corrected chi connectivity index (χ0v) is 14.3. The Labute approximate surface area is 132 Å². The highest BCUT2D eigenvalue weighted by molar-refractivity contribution is 5.11. The van der Waals surface area contributed by atoms with E-state index in [0.717, 1.165) is 0 Å². The van der Waals surface area contributed by atoms with Gasteiger partial charge in [0, 0.05) is 6.04 Å². The Morgan fingerprint density at radius 1 is 0.952 bits per heavy atom. The average molecular weight is 295 g/mol. The van der Waals surface area contributed by atoms with Gasteiger partial charge in [-0.25, -0.2) is 0 Å². The Kier molecular flexibility index (Phi) is 11.9. The molecule has 21 heavy (non-hydrogen) atoms. The third kappa shape index (κ3) is 9.31. The molecule has 0 fully saturated rings. The van der Waals surface area contributed by atoms with E-state index >= 15 is 0 Å². The molecule has 0 amide bonds. The Morgan fingerprint density at radius 2 is 1.62 bits per heavy atom.